The van der Waals surface area contributed by atoms with Crippen molar-refractivity contribution in [2.45, 2.75) is 6.92 Å². The molecule has 0 spiro atoms. The van der Waals surface area contributed by atoms with E-state index >= 15 is 0 Å². The molecule has 0 unspecified atom stereocenters. The lowest BCUT2D eigenvalue weighted by molar-refractivity contribution is 0.102. The van der Waals surface area contributed by atoms with Crippen LogP contribution >= 0.6 is 23.6 Å². The number of rotatable bonds is 4. The van der Waals surface area contributed by atoms with Gasteiger partial charge in [0, 0.05) is 6.20 Å². The smallest absolute Gasteiger partial charge is 0.260 e. The van der Waals surface area contributed by atoms with Gasteiger partial charge in [0.2, 0.25) is 0 Å². The molecule has 0 fully saturated rings. The van der Waals surface area contributed by atoms with E-state index in [-0.39, 0.29) is 5.91 Å². The highest BCUT2D eigenvalue weighted by Crippen LogP contribution is 2.29. The second kappa shape index (κ2) is 6.25. The molecule has 0 aliphatic rings. The zero-order valence-electron chi connectivity index (χ0n) is 11.8. The summed E-state index contributed by atoms with van der Waals surface area (Å²) in [6, 6.07) is 9.07. The SMILES string of the molecule is CCOc1ccc2nc(NC(=O)c3ccc[nH]c3=S)sc2c1. The number of anilines is 1. The maximum Gasteiger partial charge on any atom is 0.260 e. The fourth-order valence-corrected chi connectivity index (χ4v) is 3.10. The van der Waals surface area contributed by atoms with Gasteiger partial charge >= 0.3 is 0 Å². The van der Waals surface area contributed by atoms with E-state index in [2.05, 4.69) is 15.3 Å². The van der Waals surface area contributed by atoms with Crippen LogP contribution in [0.5, 0.6) is 5.75 Å². The Hall–Kier alpha value is -2.25. The van der Waals surface area contributed by atoms with Crippen molar-refractivity contribution in [1.82, 2.24) is 9.97 Å². The van der Waals surface area contributed by atoms with Gasteiger partial charge in [0.05, 0.1) is 22.4 Å². The summed E-state index contributed by atoms with van der Waals surface area (Å²) >= 11 is 6.50. The van der Waals surface area contributed by atoms with E-state index in [1.165, 1.54) is 11.3 Å². The van der Waals surface area contributed by atoms with Crippen molar-refractivity contribution in [2.24, 2.45) is 0 Å². The minimum Gasteiger partial charge on any atom is -0.494 e. The number of carbonyl (C=O) groups excluding carboxylic acids is 1. The highest BCUT2D eigenvalue weighted by Gasteiger charge is 2.11. The second-order valence-electron chi connectivity index (χ2n) is 4.45. The molecule has 0 aliphatic carbocycles. The molecule has 2 aromatic heterocycles. The third kappa shape index (κ3) is 3.00. The summed E-state index contributed by atoms with van der Waals surface area (Å²) in [4.78, 5) is 19.5. The van der Waals surface area contributed by atoms with E-state index < -0.39 is 0 Å². The molecule has 112 valence electrons. The molecule has 0 atom stereocenters. The molecule has 0 radical (unpaired) electrons. The predicted molar refractivity (Wildman–Crippen MR) is 90.4 cm³/mol. The number of H-pyrrole nitrogens is 1. The number of ether oxygens (including phenoxy) is 1. The third-order valence-electron chi connectivity index (χ3n) is 2.95. The summed E-state index contributed by atoms with van der Waals surface area (Å²) in [6.45, 7) is 2.55. The van der Waals surface area contributed by atoms with Crippen LogP contribution in [0.1, 0.15) is 17.3 Å². The van der Waals surface area contributed by atoms with E-state index in [0.717, 1.165) is 16.0 Å². The monoisotopic (exact) mass is 331 g/mol. The highest BCUT2D eigenvalue weighted by atomic mass is 32.1. The zero-order valence-corrected chi connectivity index (χ0v) is 13.4. The lowest BCUT2D eigenvalue weighted by Gasteiger charge is -2.00. The number of thiazole rings is 1. The predicted octanol–water partition coefficient (Wildman–Crippen LogP) is 4.00. The quantitative estimate of drug-likeness (QED) is 0.709. The first-order valence-electron chi connectivity index (χ1n) is 6.70. The minimum absolute atomic E-state index is 0.272. The van der Waals surface area contributed by atoms with E-state index in [4.69, 9.17) is 17.0 Å². The Kier molecular flexibility index (Phi) is 4.17. The molecule has 0 saturated carbocycles. The molecule has 0 bridgehead atoms. The highest BCUT2D eigenvalue weighted by molar-refractivity contribution is 7.71. The number of carbonyl (C=O) groups is 1. The van der Waals surface area contributed by atoms with Gasteiger partial charge in [0.25, 0.3) is 5.91 Å². The number of amides is 1. The topological polar surface area (TPSA) is 67.0 Å². The van der Waals surface area contributed by atoms with Crippen molar-refractivity contribution in [2.75, 3.05) is 11.9 Å². The number of nitrogens with one attached hydrogen (secondary N) is 2. The summed E-state index contributed by atoms with van der Waals surface area (Å²) < 4.78 is 6.82. The number of aromatic nitrogens is 2. The molecule has 3 aromatic rings. The maximum absolute atomic E-state index is 12.2. The lowest BCUT2D eigenvalue weighted by Crippen LogP contribution is -2.12. The number of hydrogen-bond donors (Lipinski definition) is 2. The van der Waals surface area contributed by atoms with Crippen LogP contribution in [-0.2, 0) is 0 Å². The van der Waals surface area contributed by atoms with Crippen LogP contribution in [0.25, 0.3) is 10.2 Å². The summed E-state index contributed by atoms with van der Waals surface area (Å²) in [5, 5.41) is 3.32. The molecule has 2 heterocycles. The Balaban J connectivity index is 1.86. The molecule has 2 N–H and O–H groups in total. The standard InChI is InChI=1S/C15H13N3O2S2/c1-2-20-9-5-6-11-12(8-9)22-15(17-11)18-13(19)10-4-3-7-16-14(10)21/h3-8H,2H2,1H3,(H,16,21)(H,17,18,19). The maximum atomic E-state index is 12.2. The molecule has 7 heteroatoms. The molecule has 22 heavy (non-hydrogen) atoms. The van der Waals surface area contributed by atoms with Gasteiger partial charge in [-0.25, -0.2) is 4.98 Å². The van der Waals surface area contributed by atoms with Crippen molar-refractivity contribution < 1.29 is 9.53 Å². The Morgan fingerprint density at radius 3 is 3.09 bits per heavy atom. The number of hydrogen-bond acceptors (Lipinski definition) is 5. The largest absolute Gasteiger partial charge is 0.494 e. The van der Waals surface area contributed by atoms with Gasteiger partial charge in [-0.15, -0.1) is 0 Å². The number of nitrogens with zero attached hydrogens (tertiary/aromatic N) is 1. The summed E-state index contributed by atoms with van der Waals surface area (Å²) in [5.74, 6) is 0.521. The molecule has 5 nitrogen and oxygen atoms in total. The van der Waals surface area contributed by atoms with Gasteiger partial charge < -0.3 is 9.72 Å². The Morgan fingerprint density at radius 1 is 1.45 bits per heavy atom. The summed E-state index contributed by atoms with van der Waals surface area (Å²) in [6.07, 6.45) is 1.69. The first-order valence-corrected chi connectivity index (χ1v) is 7.92. The van der Waals surface area contributed by atoms with Crippen LogP contribution in [0, 0.1) is 4.64 Å². The van der Waals surface area contributed by atoms with Crippen LogP contribution in [-0.4, -0.2) is 22.5 Å². The van der Waals surface area contributed by atoms with Crippen LogP contribution < -0.4 is 10.1 Å². The fraction of sp³-hybridized carbons (Fsp3) is 0.133. The average Bonchev–Trinajstić information content (AvgIpc) is 2.89. The van der Waals surface area contributed by atoms with Crippen molar-refractivity contribution in [3.8, 4) is 5.75 Å². The number of pyridine rings is 1. The molecular weight excluding hydrogens is 318 g/mol. The minimum atomic E-state index is -0.272. The zero-order chi connectivity index (χ0) is 15.5. The molecule has 3 rings (SSSR count). The molecular formula is C15H13N3O2S2. The van der Waals surface area contributed by atoms with Gasteiger partial charge in [-0.3, -0.25) is 10.1 Å². The van der Waals surface area contributed by atoms with Gasteiger partial charge in [-0.05, 0) is 37.3 Å². The van der Waals surface area contributed by atoms with Crippen LogP contribution in [0.3, 0.4) is 0 Å². The van der Waals surface area contributed by atoms with Crippen molar-refractivity contribution >= 4 is 44.8 Å². The van der Waals surface area contributed by atoms with Gasteiger partial charge in [-0.2, -0.15) is 0 Å². The normalized spacial score (nSPS) is 10.6. The van der Waals surface area contributed by atoms with Crippen molar-refractivity contribution in [3.05, 3.63) is 46.7 Å². The summed E-state index contributed by atoms with van der Waals surface area (Å²) in [5.41, 5.74) is 1.24. The van der Waals surface area contributed by atoms with E-state index in [1.54, 1.807) is 18.3 Å². The van der Waals surface area contributed by atoms with Crippen LogP contribution in [0.15, 0.2) is 36.5 Å². The van der Waals surface area contributed by atoms with Crippen molar-refractivity contribution in [3.63, 3.8) is 0 Å². The number of fused-ring (bicyclic) bond motifs is 1. The van der Waals surface area contributed by atoms with E-state index in [9.17, 15) is 4.79 Å². The van der Waals surface area contributed by atoms with E-state index in [1.807, 2.05) is 25.1 Å². The van der Waals surface area contributed by atoms with Gasteiger partial charge in [0.15, 0.2) is 5.13 Å². The first kappa shape index (κ1) is 14.7. The van der Waals surface area contributed by atoms with Gasteiger partial charge in [0.1, 0.15) is 10.4 Å². The van der Waals surface area contributed by atoms with Crippen LogP contribution in [0.2, 0.25) is 0 Å². The number of benzene rings is 1. The Labute approximate surface area is 136 Å². The Bertz CT molecular complexity index is 886. The average molecular weight is 331 g/mol. The number of aromatic amines is 1. The van der Waals surface area contributed by atoms with Crippen LogP contribution in [0.4, 0.5) is 5.13 Å². The molecule has 1 amide bonds. The fourth-order valence-electron chi connectivity index (χ4n) is 1.98. The Morgan fingerprint density at radius 2 is 2.32 bits per heavy atom. The lowest BCUT2D eigenvalue weighted by atomic mass is 10.3. The van der Waals surface area contributed by atoms with E-state index in [0.29, 0.717) is 21.9 Å². The second-order valence-corrected chi connectivity index (χ2v) is 5.89. The summed E-state index contributed by atoms with van der Waals surface area (Å²) in [7, 11) is 0. The third-order valence-corrected chi connectivity index (χ3v) is 4.23. The molecule has 0 aliphatic heterocycles. The molecule has 1 aromatic carbocycles. The van der Waals surface area contributed by atoms with Gasteiger partial charge in [-0.1, -0.05) is 23.6 Å². The molecule has 0 saturated heterocycles. The van der Waals surface area contributed by atoms with Crippen molar-refractivity contribution in [1.29, 1.82) is 0 Å². The first-order chi connectivity index (χ1) is 10.7.